The molecule has 1 heterocycles. The van der Waals surface area contributed by atoms with Crippen molar-refractivity contribution in [3.05, 3.63) is 28.8 Å². The summed E-state index contributed by atoms with van der Waals surface area (Å²) < 4.78 is 0. The van der Waals surface area contributed by atoms with Gasteiger partial charge in [0.15, 0.2) is 0 Å². The van der Waals surface area contributed by atoms with Crippen LogP contribution >= 0.6 is 11.6 Å². The minimum atomic E-state index is -0.0208. The van der Waals surface area contributed by atoms with Crippen LogP contribution in [-0.2, 0) is 4.79 Å². The van der Waals surface area contributed by atoms with Crippen LogP contribution in [0.15, 0.2) is 18.2 Å². The molecule has 0 aliphatic carbocycles. The maximum atomic E-state index is 12.5. The Balaban J connectivity index is 2.08. The molecule has 2 rings (SSSR count). The van der Waals surface area contributed by atoms with Gasteiger partial charge in [-0.05, 0) is 50.3 Å². The van der Waals surface area contributed by atoms with Crippen molar-refractivity contribution in [1.29, 1.82) is 0 Å². The van der Waals surface area contributed by atoms with Gasteiger partial charge in [0.05, 0.1) is 10.6 Å². The van der Waals surface area contributed by atoms with Crippen molar-refractivity contribution in [2.45, 2.75) is 46.0 Å². The molecule has 0 atom stereocenters. The Hall–Kier alpha value is -1.55. The van der Waals surface area contributed by atoms with Gasteiger partial charge in [-0.3, -0.25) is 9.59 Å². The summed E-state index contributed by atoms with van der Waals surface area (Å²) in [7, 11) is 0. The van der Waals surface area contributed by atoms with Gasteiger partial charge in [-0.15, -0.1) is 0 Å². The number of piperidine rings is 1. The lowest BCUT2D eigenvalue weighted by Crippen LogP contribution is -2.35. The highest BCUT2D eigenvalue weighted by molar-refractivity contribution is 6.34. The van der Waals surface area contributed by atoms with Gasteiger partial charge in [-0.1, -0.05) is 25.4 Å². The lowest BCUT2D eigenvalue weighted by atomic mass is 10.0. The van der Waals surface area contributed by atoms with Gasteiger partial charge in [0.1, 0.15) is 0 Å². The second-order valence-electron chi connectivity index (χ2n) is 6.05. The van der Waals surface area contributed by atoms with E-state index in [9.17, 15) is 9.59 Å². The number of carbonyl (C=O) groups excluding carboxylic acids is 2. The summed E-state index contributed by atoms with van der Waals surface area (Å²) >= 11 is 6.28. The van der Waals surface area contributed by atoms with Crippen LogP contribution in [0.25, 0.3) is 0 Å². The number of nitrogens with zero attached hydrogens (tertiary/aromatic N) is 1. The molecule has 0 radical (unpaired) electrons. The molecule has 1 aromatic carbocycles. The lowest BCUT2D eigenvalue weighted by molar-refractivity contribution is -0.120. The van der Waals surface area contributed by atoms with E-state index in [1.807, 2.05) is 18.7 Å². The standard InChI is InChI=1S/C18H25ClN2O2/c1-3-13(4-2)17(22)20-14-8-9-15(16(19)12-14)18(23)21-10-6-5-7-11-21/h8-9,12-13H,3-7,10-11H2,1-2H3,(H,20,22). The number of hydrogen-bond donors (Lipinski definition) is 1. The first kappa shape index (κ1) is 17.8. The van der Waals surface area contributed by atoms with Gasteiger partial charge >= 0.3 is 0 Å². The third kappa shape index (κ3) is 4.47. The van der Waals surface area contributed by atoms with Gasteiger partial charge in [-0.25, -0.2) is 0 Å². The van der Waals surface area contributed by atoms with E-state index in [0.29, 0.717) is 16.3 Å². The van der Waals surface area contributed by atoms with Crippen LogP contribution < -0.4 is 5.32 Å². The number of anilines is 1. The molecule has 1 aliphatic heterocycles. The van der Waals surface area contributed by atoms with Crippen molar-refractivity contribution >= 4 is 29.1 Å². The third-order valence-corrected chi connectivity index (χ3v) is 4.78. The predicted octanol–water partition coefficient (Wildman–Crippen LogP) is 4.34. The Bertz CT molecular complexity index is 564. The van der Waals surface area contributed by atoms with E-state index < -0.39 is 0 Å². The Morgan fingerprint density at radius 3 is 2.39 bits per heavy atom. The number of hydrogen-bond acceptors (Lipinski definition) is 2. The van der Waals surface area contributed by atoms with Crippen molar-refractivity contribution in [3.63, 3.8) is 0 Å². The maximum absolute atomic E-state index is 12.5. The molecule has 0 aromatic heterocycles. The van der Waals surface area contributed by atoms with E-state index in [0.717, 1.165) is 38.8 Å². The average Bonchev–Trinajstić information content (AvgIpc) is 2.56. The number of amides is 2. The molecule has 1 aliphatic rings. The van der Waals surface area contributed by atoms with Crippen LogP contribution in [0, 0.1) is 5.92 Å². The summed E-state index contributed by atoms with van der Waals surface area (Å²) in [5.41, 5.74) is 1.15. The van der Waals surface area contributed by atoms with Crippen LogP contribution in [0.5, 0.6) is 0 Å². The van der Waals surface area contributed by atoms with E-state index in [1.165, 1.54) is 6.42 Å². The fraction of sp³-hybridized carbons (Fsp3) is 0.556. The second kappa shape index (κ2) is 8.34. The average molecular weight is 337 g/mol. The van der Waals surface area contributed by atoms with E-state index in [2.05, 4.69) is 5.32 Å². The van der Waals surface area contributed by atoms with E-state index in [-0.39, 0.29) is 17.7 Å². The number of carbonyl (C=O) groups is 2. The monoisotopic (exact) mass is 336 g/mol. The molecular weight excluding hydrogens is 312 g/mol. The Morgan fingerprint density at radius 2 is 1.83 bits per heavy atom. The number of rotatable bonds is 5. The second-order valence-corrected chi connectivity index (χ2v) is 6.46. The maximum Gasteiger partial charge on any atom is 0.255 e. The molecule has 0 saturated carbocycles. The van der Waals surface area contributed by atoms with Crippen LogP contribution in [0.4, 0.5) is 5.69 Å². The van der Waals surface area contributed by atoms with Gasteiger partial charge in [0.2, 0.25) is 5.91 Å². The molecular formula is C18H25ClN2O2. The SMILES string of the molecule is CCC(CC)C(=O)Nc1ccc(C(=O)N2CCCCC2)c(Cl)c1. The summed E-state index contributed by atoms with van der Waals surface area (Å²) in [5.74, 6) is -0.0165. The largest absolute Gasteiger partial charge is 0.339 e. The highest BCUT2D eigenvalue weighted by Gasteiger charge is 2.21. The first-order chi connectivity index (χ1) is 11.1. The quantitative estimate of drug-likeness (QED) is 0.869. The minimum absolute atomic E-state index is 0.00109. The van der Waals surface area contributed by atoms with Crippen LogP contribution in [0.2, 0.25) is 5.02 Å². The molecule has 2 amide bonds. The molecule has 1 N–H and O–H groups in total. The molecule has 23 heavy (non-hydrogen) atoms. The van der Waals surface area contributed by atoms with Crippen molar-refractivity contribution in [3.8, 4) is 0 Å². The minimum Gasteiger partial charge on any atom is -0.339 e. The predicted molar refractivity (Wildman–Crippen MR) is 93.9 cm³/mol. The molecule has 1 fully saturated rings. The molecule has 0 bridgehead atoms. The van der Waals surface area contributed by atoms with Gasteiger partial charge in [-0.2, -0.15) is 0 Å². The molecule has 5 heteroatoms. The lowest BCUT2D eigenvalue weighted by Gasteiger charge is -2.27. The zero-order valence-corrected chi connectivity index (χ0v) is 14.7. The van der Waals surface area contributed by atoms with E-state index in [4.69, 9.17) is 11.6 Å². The third-order valence-electron chi connectivity index (χ3n) is 4.47. The highest BCUT2D eigenvalue weighted by atomic mass is 35.5. The van der Waals surface area contributed by atoms with Crippen molar-refractivity contribution < 1.29 is 9.59 Å². The summed E-state index contributed by atoms with van der Waals surface area (Å²) in [4.78, 5) is 26.5. The molecule has 0 spiro atoms. The number of halogens is 1. The van der Waals surface area contributed by atoms with E-state index in [1.54, 1.807) is 18.2 Å². The van der Waals surface area contributed by atoms with Crippen LogP contribution in [-0.4, -0.2) is 29.8 Å². The van der Waals surface area contributed by atoms with Crippen LogP contribution in [0.1, 0.15) is 56.3 Å². The van der Waals surface area contributed by atoms with Crippen LogP contribution in [0.3, 0.4) is 0 Å². The fourth-order valence-electron chi connectivity index (χ4n) is 2.94. The van der Waals surface area contributed by atoms with E-state index >= 15 is 0 Å². The Labute approximate surface area is 143 Å². The highest BCUT2D eigenvalue weighted by Crippen LogP contribution is 2.24. The smallest absolute Gasteiger partial charge is 0.255 e. The Morgan fingerprint density at radius 1 is 1.17 bits per heavy atom. The van der Waals surface area contributed by atoms with Gasteiger partial charge in [0.25, 0.3) is 5.91 Å². The first-order valence-corrected chi connectivity index (χ1v) is 8.84. The zero-order valence-electron chi connectivity index (χ0n) is 13.9. The summed E-state index contributed by atoms with van der Waals surface area (Å²) in [6.07, 6.45) is 4.89. The summed E-state index contributed by atoms with van der Waals surface area (Å²) in [5, 5.41) is 3.27. The topological polar surface area (TPSA) is 49.4 Å². The molecule has 0 unspecified atom stereocenters. The fourth-order valence-corrected chi connectivity index (χ4v) is 3.20. The number of benzene rings is 1. The molecule has 1 aromatic rings. The normalized spacial score (nSPS) is 14.9. The molecule has 4 nitrogen and oxygen atoms in total. The molecule has 1 saturated heterocycles. The first-order valence-electron chi connectivity index (χ1n) is 8.46. The Kier molecular flexibility index (Phi) is 6.46. The molecule has 126 valence electrons. The number of nitrogens with one attached hydrogen (secondary N) is 1. The van der Waals surface area contributed by atoms with Crippen molar-refractivity contribution in [2.75, 3.05) is 18.4 Å². The number of likely N-dealkylation sites (tertiary alicyclic amines) is 1. The summed E-state index contributed by atoms with van der Waals surface area (Å²) in [6.45, 7) is 5.59. The van der Waals surface area contributed by atoms with Crippen molar-refractivity contribution in [1.82, 2.24) is 4.90 Å². The zero-order chi connectivity index (χ0) is 16.8. The summed E-state index contributed by atoms with van der Waals surface area (Å²) in [6, 6.07) is 5.13. The van der Waals surface area contributed by atoms with Crippen molar-refractivity contribution in [2.24, 2.45) is 5.92 Å². The van der Waals surface area contributed by atoms with Gasteiger partial charge in [0, 0.05) is 24.7 Å². The van der Waals surface area contributed by atoms with Gasteiger partial charge < -0.3 is 10.2 Å².